The minimum Gasteiger partial charge on any atom is -0.497 e. The number of benzene rings is 1. The quantitative estimate of drug-likeness (QED) is 0.886. The highest BCUT2D eigenvalue weighted by Crippen LogP contribution is 2.21. The molecule has 0 saturated carbocycles. The summed E-state index contributed by atoms with van der Waals surface area (Å²) in [7, 11) is -1.43. The third kappa shape index (κ3) is 3.55. The van der Waals surface area contributed by atoms with E-state index in [-0.39, 0.29) is 37.2 Å². The summed E-state index contributed by atoms with van der Waals surface area (Å²) in [5.41, 5.74) is 1.26. The van der Waals surface area contributed by atoms with Gasteiger partial charge in [0.05, 0.1) is 25.2 Å². The fourth-order valence-corrected chi connectivity index (χ4v) is 3.54. The molecule has 0 atom stereocenters. The van der Waals surface area contributed by atoms with Crippen molar-refractivity contribution in [3.8, 4) is 5.75 Å². The van der Waals surface area contributed by atoms with Crippen LogP contribution in [0.15, 0.2) is 22.6 Å². The van der Waals surface area contributed by atoms with Crippen LogP contribution in [0.5, 0.6) is 5.75 Å². The summed E-state index contributed by atoms with van der Waals surface area (Å²) < 4.78 is 33.4. The van der Waals surface area contributed by atoms with E-state index < -0.39 is 9.84 Å². The molecule has 0 bridgehead atoms. The van der Waals surface area contributed by atoms with Crippen LogP contribution in [0.25, 0.3) is 11.1 Å². The Morgan fingerprint density at radius 2 is 2.13 bits per heavy atom. The highest BCUT2D eigenvalue weighted by Gasteiger charge is 2.25. The van der Waals surface area contributed by atoms with Crippen molar-refractivity contribution in [3.05, 3.63) is 24.1 Å². The lowest BCUT2D eigenvalue weighted by Gasteiger charge is -2.26. The lowest BCUT2D eigenvalue weighted by atomic mass is 10.3. The molecule has 23 heavy (non-hydrogen) atoms. The minimum absolute atomic E-state index is 0.00308. The number of carbonyl (C=O) groups is 1. The first kappa shape index (κ1) is 15.6. The van der Waals surface area contributed by atoms with Crippen molar-refractivity contribution in [1.29, 1.82) is 0 Å². The molecule has 0 spiro atoms. The molecule has 3 rings (SSSR count). The van der Waals surface area contributed by atoms with E-state index in [4.69, 9.17) is 9.15 Å². The number of methoxy groups -OCH3 is 1. The Morgan fingerprint density at radius 1 is 1.39 bits per heavy atom. The Bertz CT molecular complexity index is 816. The molecule has 1 N–H and O–H groups in total. The molecule has 2 aromatic rings. The molecule has 1 aromatic heterocycles. The Hall–Kier alpha value is -2.29. The van der Waals surface area contributed by atoms with Crippen molar-refractivity contribution < 1.29 is 22.4 Å². The summed E-state index contributed by atoms with van der Waals surface area (Å²) >= 11 is 0. The molecule has 1 aliphatic heterocycles. The van der Waals surface area contributed by atoms with Crippen molar-refractivity contribution in [1.82, 2.24) is 15.2 Å². The first-order valence-electron chi connectivity index (χ1n) is 7.13. The number of nitrogens with one attached hydrogen (secondary N) is 1. The Kier molecular flexibility index (Phi) is 4.12. The number of ether oxygens (including phenoxy) is 1. The molecule has 1 aromatic carbocycles. The van der Waals surface area contributed by atoms with Crippen LogP contribution >= 0.6 is 0 Å². The van der Waals surface area contributed by atoms with E-state index in [0.717, 1.165) is 0 Å². The molecular weight excluding hydrogens is 322 g/mol. The summed E-state index contributed by atoms with van der Waals surface area (Å²) in [5, 5.41) is 2.69. The number of urea groups is 1. The number of hydrogen-bond acceptors (Lipinski definition) is 6. The summed E-state index contributed by atoms with van der Waals surface area (Å²) in [6.45, 7) is 0.553. The van der Waals surface area contributed by atoms with Gasteiger partial charge in [0, 0.05) is 19.2 Å². The summed E-state index contributed by atoms with van der Waals surface area (Å²) in [6.07, 6.45) is 0. The topological polar surface area (TPSA) is 102 Å². The molecule has 9 heteroatoms. The molecule has 2 heterocycles. The predicted octanol–water partition coefficient (Wildman–Crippen LogP) is 0.776. The van der Waals surface area contributed by atoms with Gasteiger partial charge in [-0.05, 0) is 12.1 Å². The van der Waals surface area contributed by atoms with E-state index in [1.54, 1.807) is 25.3 Å². The molecule has 1 saturated heterocycles. The van der Waals surface area contributed by atoms with E-state index in [9.17, 15) is 13.2 Å². The number of nitrogens with zero attached hydrogens (tertiary/aromatic N) is 2. The number of carbonyl (C=O) groups excluding carboxylic acids is 1. The predicted molar refractivity (Wildman–Crippen MR) is 83.0 cm³/mol. The fraction of sp³-hybridized carbons (Fsp3) is 0.429. The summed E-state index contributed by atoms with van der Waals surface area (Å²) in [5.74, 6) is 1.06. The van der Waals surface area contributed by atoms with E-state index in [1.165, 1.54) is 4.90 Å². The molecule has 124 valence electrons. The third-order valence-electron chi connectivity index (χ3n) is 3.66. The monoisotopic (exact) mass is 339 g/mol. The van der Waals surface area contributed by atoms with Gasteiger partial charge < -0.3 is 19.4 Å². The molecule has 0 unspecified atom stereocenters. The second-order valence-electron chi connectivity index (χ2n) is 5.24. The normalized spacial score (nSPS) is 17.2. The Balaban J connectivity index is 1.61. The van der Waals surface area contributed by atoms with E-state index in [1.807, 2.05) is 0 Å². The van der Waals surface area contributed by atoms with Gasteiger partial charge in [-0.15, -0.1) is 0 Å². The zero-order chi connectivity index (χ0) is 16.4. The maximum atomic E-state index is 12.0. The van der Waals surface area contributed by atoms with Gasteiger partial charge in [0.15, 0.2) is 15.4 Å². The molecule has 1 fully saturated rings. The SMILES string of the molecule is COc1ccc2oc(CNC(=O)N3CCS(=O)(=O)CC3)nc2c1. The summed E-state index contributed by atoms with van der Waals surface area (Å²) in [4.78, 5) is 17.8. The Morgan fingerprint density at radius 3 is 2.83 bits per heavy atom. The standard InChI is InChI=1S/C14H17N3O5S/c1-21-10-2-3-12-11(8-10)16-13(22-12)9-15-14(18)17-4-6-23(19,20)7-5-17/h2-3,8H,4-7,9H2,1H3,(H,15,18). The van der Waals surface area contributed by atoms with E-state index >= 15 is 0 Å². The number of oxazole rings is 1. The van der Waals surface area contributed by atoms with Crippen molar-refractivity contribution in [3.63, 3.8) is 0 Å². The third-order valence-corrected chi connectivity index (χ3v) is 5.27. The lowest BCUT2D eigenvalue weighted by molar-refractivity contribution is 0.200. The first-order valence-corrected chi connectivity index (χ1v) is 8.96. The van der Waals surface area contributed by atoms with Crippen LogP contribution < -0.4 is 10.1 Å². The van der Waals surface area contributed by atoms with Gasteiger partial charge in [0.2, 0.25) is 5.89 Å². The van der Waals surface area contributed by atoms with Gasteiger partial charge in [0.25, 0.3) is 0 Å². The average Bonchev–Trinajstić information content (AvgIpc) is 2.94. The highest BCUT2D eigenvalue weighted by molar-refractivity contribution is 7.91. The van der Waals surface area contributed by atoms with Crippen LogP contribution in [0.4, 0.5) is 4.79 Å². The number of fused-ring (bicyclic) bond motifs is 1. The van der Waals surface area contributed by atoms with Crippen LogP contribution in [0, 0.1) is 0 Å². The van der Waals surface area contributed by atoms with Crippen LogP contribution in [0.2, 0.25) is 0 Å². The van der Waals surface area contributed by atoms with Crippen LogP contribution in [0.1, 0.15) is 5.89 Å². The number of hydrogen-bond donors (Lipinski definition) is 1. The lowest BCUT2D eigenvalue weighted by Crippen LogP contribution is -2.48. The van der Waals surface area contributed by atoms with Crippen LogP contribution in [-0.2, 0) is 16.4 Å². The largest absolute Gasteiger partial charge is 0.497 e. The van der Waals surface area contributed by atoms with Crippen molar-refractivity contribution in [2.45, 2.75) is 6.54 Å². The van der Waals surface area contributed by atoms with Crippen LogP contribution in [0.3, 0.4) is 0 Å². The molecule has 0 radical (unpaired) electrons. The van der Waals surface area contributed by atoms with Gasteiger partial charge in [-0.25, -0.2) is 18.2 Å². The minimum atomic E-state index is -3.00. The van der Waals surface area contributed by atoms with Crippen molar-refractivity contribution >= 4 is 27.0 Å². The van der Waals surface area contributed by atoms with E-state index in [2.05, 4.69) is 10.3 Å². The van der Waals surface area contributed by atoms with E-state index in [0.29, 0.717) is 22.7 Å². The van der Waals surface area contributed by atoms with Gasteiger partial charge in [-0.1, -0.05) is 0 Å². The molecule has 8 nitrogen and oxygen atoms in total. The number of aromatic nitrogens is 1. The zero-order valence-electron chi connectivity index (χ0n) is 12.6. The second-order valence-corrected chi connectivity index (χ2v) is 7.54. The maximum Gasteiger partial charge on any atom is 0.317 e. The summed E-state index contributed by atoms with van der Waals surface area (Å²) in [6, 6.07) is 4.95. The first-order chi connectivity index (χ1) is 11.0. The van der Waals surface area contributed by atoms with Crippen LogP contribution in [-0.4, -0.2) is 56.0 Å². The number of amides is 2. The molecule has 2 amide bonds. The average molecular weight is 339 g/mol. The van der Waals surface area contributed by atoms with Gasteiger partial charge in [-0.2, -0.15) is 0 Å². The molecule has 1 aliphatic rings. The Labute approximate surface area is 133 Å². The van der Waals surface area contributed by atoms with Gasteiger partial charge in [0.1, 0.15) is 11.3 Å². The van der Waals surface area contributed by atoms with Gasteiger partial charge in [-0.3, -0.25) is 0 Å². The zero-order valence-corrected chi connectivity index (χ0v) is 13.4. The second kappa shape index (κ2) is 6.07. The molecule has 0 aliphatic carbocycles. The number of rotatable bonds is 3. The van der Waals surface area contributed by atoms with Crippen molar-refractivity contribution in [2.24, 2.45) is 0 Å². The highest BCUT2D eigenvalue weighted by atomic mass is 32.2. The maximum absolute atomic E-state index is 12.0. The van der Waals surface area contributed by atoms with Gasteiger partial charge >= 0.3 is 6.03 Å². The fourth-order valence-electron chi connectivity index (χ4n) is 2.34. The molecular formula is C14H17N3O5S. The smallest absolute Gasteiger partial charge is 0.317 e. The number of sulfone groups is 1. The van der Waals surface area contributed by atoms with Crippen molar-refractivity contribution in [2.75, 3.05) is 31.7 Å².